The summed E-state index contributed by atoms with van der Waals surface area (Å²) in [6, 6.07) is 3.57. The second-order valence-corrected chi connectivity index (χ2v) is 7.89. The van der Waals surface area contributed by atoms with E-state index in [0.717, 1.165) is 25.0 Å². The summed E-state index contributed by atoms with van der Waals surface area (Å²) in [7, 11) is 0. The Morgan fingerprint density at radius 1 is 1.04 bits per heavy atom. The molecule has 0 spiro atoms. The highest BCUT2D eigenvalue weighted by Gasteiger charge is 2.34. The van der Waals surface area contributed by atoms with Crippen molar-refractivity contribution in [3.05, 3.63) is 33.3 Å². The lowest BCUT2D eigenvalue weighted by Crippen LogP contribution is -2.40. The van der Waals surface area contributed by atoms with E-state index in [1.165, 1.54) is 6.42 Å². The molecule has 2 aliphatic heterocycles. The lowest BCUT2D eigenvalue weighted by Gasteiger charge is -2.36. The van der Waals surface area contributed by atoms with Crippen LogP contribution in [0.2, 0.25) is 10.0 Å². The van der Waals surface area contributed by atoms with E-state index in [2.05, 4.69) is 6.92 Å². The monoisotopic (exact) mass is 370 g/mol. The van der Waals surface area contributed by atoms with E-state index < -0.39 is 6.10 Å². The van der Waals surface area contributed by atoms with Crippen LogP contribution in [0.3, 0.4) is 0 Å². The Labute approximate surface area is 153 Å². The lowest BCUT2D eigenvalue weighted by molar-refractivity contribution is -0.0932. The summed E-state index contributed by atoms with van der Waals surface area (Å²) in [6.07, 6.45) is 3.80. The SMILES string of the molecule is Cc1ccc(C(=O)[C@@H]2CCC([C@@H]3CCC(C)CO3)CO2)c(Cl)c1Cl. The van der Waals surface area contributed by atoms with Gasteiger partial charge in [0.25, 0.3) is 0 Å². The summed E-state index contributed by atoms with van der Waals surface area (Å²) in [4.78, 5) is 12.7. The molecule has 0 N–H and O–H groups in total. The van der Waals surface area contributed by atoms with Crippen LogP contribution >= 0.6 is 23.2 Å². The smallest absolute Gasteiger partial charge is 0.193 e. The van der Waals surface area contributed by atoms with Crippen molar-refractivity contribution >= 4 is 29.0 Å². The van der Waals surface area contributed by atoms with Crippen LogP contribution < -0.4 is 0 Å². The molecule has 0 aliphatic carbocycles. The zero-order valence-corrected chi connectivity index (χ0v) is 15.7. The van der Waals surface area contributed by atoms with Gasteiger partial charge in [-0.2, -0.15) is 0 Å². The molecule has 3 nitrogen and oxygen atoms in total. The fourth-order valence-electron chi connectivity index (χ4n) is 3.56. The minimum Gasteiger partial charge on any atom is -0.378 e. The van der Waals surface area contributed by atoms with Crippen LogP contribution in [0.1, 0.15) is 48.5 Å². The molecule has 5 heteroatoms. The first-order valence-electron chi connectivity index (χ1n) is 8.69. The van der Waals surface area contributed by atoms with Gasteiger partial charge in [0, 0.05) is 18.1 Å². The maximum absolute atomic E-state index is 12.7. The van der Waals surface area contributed by atoms with Gasteiger partial charge in [0.15, 0.2) is 5.78 Å². The van der Waals surface area contributed by atoms with Gasteiger partial charge in [-0.15, -0.1) is 0 Å². The third-order valence-corrected chi connectivity index (χ3v) is 6.19. The maximum atomic E-state index is 12.7. The van der Waals surface area contributed by atoms with Gasteiger partial charge in [0.1, 0.15) is 6.10 Å². The Morgan fingerprint density at radius 2 is 1.83 bits per heavy atom. The van der Waals surface area contributed by atoms with Crippen LogP contribution in [0, 0.1) is 18.8 Å². The van der Waals surface area contributed by atoms with Crippen molar-refractivity contribution in [2.24, 2.45) is 11.8 Å². The van der Waals surface area contributed by atoms with Gasteiger partial charge in [-0.3, -0.25) is 4.79 Å². The molecule has 4 atom stereocenters. The molecular weight excluding hydrogens is 347 g/mol. The Morgan fingerprint density at radius 3 is 2.46 bits per heavy atom. The molecule has 2 fully saturated rings. The van der Waals surface area contributed by atoms with Gasteiger partial charge in [0.2, 0.25) is 0 Å². The van der Waals surface area contributed by atoms with Gasteiger partial charge in [0.05, 0.1) is 22.8 Å². The number of ketones is 1. The minimum atomic E-state index is -0.431. The maximum Gasteiger partial charge on any atom is 0.193 e. The minimum absolute atomic E-state index is 0.0708. The number of hydrogen-bond donors (Lipinski definition) is 0. The molecule has 0 amide bonds. The van der Waals surface area contributed by atoms with Gasteiger partial charge in [-0.05, 0) is 50.2 Å². The highest BCUT2D eigenvalue weighted by atomic mass is 35.5. The van der Waals surface area contributed by atoms with Gasteiger partial charge in [-0.25, -0.2) is 0 Å². The third kappa shape index (κ3) is 3.80. The van der Waals surface area contributed by atoms with E-state index in [1.54, 1.807) is 6.07 Å². The van der Waals surface area contributed by atoms with Crippen molar-refractivity contribution in [3.63, 3.8) is 0 Å². The van der Waals surface area contributed by atoms with E-state index in [1.807, 2.05) is 13.0 Å². The van der Waals surface area contributed by atoms with E-state index in [4.69, 9.17) is 32.7 Å². The predicted octanol–water partition coefficient (Wildman–Crippen LogP) is 5.09. The Kier molecular flexibility index (Phi) is 5.86. The average Bonchev–Trinajstić information content (AvgIpc) is 2.60. The van der Waals surface area contributed by atoms with Gasteiger partial charge < -0.3 is 9.47 Å². The van der Waals surface area contributed by atoms with Crippen LogP contribution in [-0.4, -0.2) is 31.2 Å². The normalized spacial score (nSPS) is 31.0. The molecule has 132 valence electrons. The molecule has 0 bridgehead atoms. The van der Waals surface area contributed by atoms with Gasteiger partial charge in [-0.1, -0.05) is 36.2 Å². The fourth-order valence-corrected chi connectivity index (χ4v) is 4.03. The van der Waals surface area contributed by atoms with Crippen molar-refractivity contribution < 1.29 is 14.3 Å². The number of carbonyl (C=O) groups is 1. The Hall–Kier alpha value is -0.610. The Balaban J connectivity index is 1.60. The molecule has 1 aromatic rings. The molecule has 2 heterocycles. The van der Waals surface area contributed by atoms with Crippen LogP contribution in [0.15, 0.2) is 12.1 Å². The van der Waals surface area contributed by atoms with E-state index in [0.29, 0.717) is 40.5 Å². The first-order chi connectivity index (χ1) is 11.5. The number of hydrogen-bond acceptors (Lipinski definition) is 3. The van der Waals surface area contributed by atoms with Crippen LogP contribution in [-0.2, 0) is 9.47 Å². The van der Waals surface area contributed by atoms with Gasteiger partial charge >= 0.3 is 0 Å². The number of carbonyl (C=O) groups excluding carboxylic acids is 1. The summed E-state index contributed by atoms with van der Waals surface area (Å²) >= 11 is 12.4. The summed E-state index contributed by atoms with van der Waals surface area (Å²) in [6.45, 7) is 5.50. The number of ether oxygens (including phenoxy) is 2. The highest BCUT2D eigenvalue weighted by molar-refractivity contribution is 6.44. The topological polar surface area (TPSA) is 35.5 Å². The van der Waals surface area contributed by atoms with Crippen molar-refractivity contribution in [1.29, 1.82) is 0 Å². The molecule has 0 saturated carbocycles. The lowest BCUT2D eigenvalue weighted by atomic mass is 9.86. The van der Waals surface area contributed by atoms with Crippen LogP contribution in [0.25, 0.3) is 0 Å². The molecular formula is C19H24Cl2O3. The molecule has 0 radical (unpaired) electrons. The molecule has 2 saturated heterocycles. The molecule has 3 rings (SSSR count). The number of aryl methyl sites for hydroxylation is 1. The first kappa shape index (κ1) is 18.2. The van der Waals surface area contributed by atoms with Crippen LogP contribution in [0.5, 0.6) is 0 Å². The molecule has 1 aromatic carbocycles. The number of rotatable bonds is 3. The quantitative estimate of drug-likeness (QED) is 0.694. The third-order valence-electron chi connectivity index (χ3n) is 5.21. The first-order valence-corrected chi connectivity index (χ1v) is 9.45. The number of halogens is 2. The largest absolute Gasteiger partial charge is 0.378 e. The molecule has 2 aliphatic rings. The number of benzene rings is 1. The average molecular weight is 371 g/mol. The zero-order chi connectivity index (χ0) is 17.3. The second-order valence-electron chi connectivity index (χ2n) is 7.14. The summed E-state index contributed by atoms with van der Waals surface area (Å²) < 4.78 is 11.8. The summed E-state index contributed by atoms with van der Waals surface area (Å²) in [5, 5.41) is 0.776. The fraction of sp³-hybridized carbons (Fsp3) is 0.632. The zero-order valence-electron chi connectivity index (χ0n) is 14.2. The Bertz CT molecular complexity index is 601. The predicted molar refractivity (Wildman–Crippen MR) is 96.1 cm³/mol. The van der Waals surface area contributed by atoms with Crippen molar-refractivity contribution in [2.75, 3.05) is 13.2 Å². The van der Waals surface area contributed by atoms with E-state index in [9.17, 15) is 4.79 Å². The molecule has 24 heavy (non-hydrogen) atoms. The molecule has 2 unspecified atom stereocenters. The van der Waals surface area contributed by atoms with E-state index in [-0.39, 0.29) is 11.9 Å². The summed E-state index contributed by atoms with van der Waals surface area (Å²) in [5.41, 5.74) is 1.32. The van der Waals surface area contributed by atoms with Crippen molar-refractivity contribution in [3.8, 4) is 0 Å². The standard InChI is InChI=1S/C19H24Cl2O3/c1-11-3-7-15(23-9-11)13-5-8-16(24-10-13)19(22)14-6-4-12(2)17(20)18(14)21/h4,6,11,13,15-16H,3,5,7-10H2,1-2H3/t11?,13?,15-,16-/m0/s1. The van der Waals surface area contributed by atoms with Crippen molar-refractivity contribution in [1.82, 2.24) is 0 Å². The summed E-state index contributed by atoms with van der Waals surface area (Å²) in [5.74, 6) is 0.964. The molecule has 0 aromatic heterocycles. The highest BCUT2D eigenvalue weighted by Crippen LogP contribution is 2.34. The van der Waals surface area contributed by atoms with Crippen LogP contribution in [0.4, 0.5) is 0 Å². The number of Topliss-reactive ketones (excluding diaryl/α,β-unsaturated/α-hetero) is 1. The van der Waals surface area contributed by atoms with Crippen molar-refractivity contribution in [2.45, 2.75) is 51.7 Å². The van der Waals surface area contributed by atoms with E-state index >= 15 is 0 Å². The second kappa shape index (κ2) is 7.74.